The Balaban J connectivity index is 0.00000441. The molecule has 1 saturated heterocycles. The minimum Gasteiger partial charge on any atom is -0.381 e. The molecule has 1 atom stereocenters. The number of ether oxygens (including phenoxy) is 2. The van der Waals surface area contributed by atoms with Gasteiger partial charge in [0.1, 0.15) is 6.61 Å². The molecule has 0 aliphatic carbocycles. The molecule has 0 aromatic heterocycles. The summed E-state index contributed by atoms with van der Waals surface area (Å²) in [5.74, 6) is 1.24. The van der Waals surface area contributed by atoms with E-state index < -0.39 is 12.8 Å². The van der Waals surface area contributed by atoms with Crippen molar-refractivity contribution in [2.24, 2.45) is 10.9 Å². The topological polar surface area (TPSA) is 46.1 Å². The van der Waals surface area contributed by atoms with Crippen molar-refractivity contribution in [2.45, 2.75) is 19.0 Å². The molecule has 0 aromatic carbocycles. The number of halogens is 4. The van der Waals surface area contributed by atoms with Gasteiger partial charge >= 0.3 is 6.18 Å². The van der Waals surface area contributed by atoms with Crippen molar-refractivity contribution in [3.63, 3.8) is 0 Å². The number of nitrogens with one attached hydrogen (secondary N) is 1. The molecule has 0 radical (unpaired) electrons. The fourth-order valence-electron chi connectivity index (χ4n) is 2.15. The second kappa shape index (κ2) is 11.3. The minimum absolute atomic E-state index is 0. The third kappa shape index (κ3) is 9.67. The van der Waals surface area contributed by atoms with Gasteiger partial charge in [0.05, 0.1) is 6.61 Å². The first kappa shape index (κ1) is 21.7. The number of hydrogen-bond acceptors (Lipinski definition) is 3. The first-order valence-electron chi connectivity index (χ1n) is 7.06. The van der Waals surface area contributed by atoms with Crippen LogP contribution in [0.4, 0.5) is 13.2 Å². The van der Waals surface area contributed by atoms with Gasteiger partial charge in [0.15, 0.2) is 5.96 Å². The molecule has 22 heavy (non-hydrogen) atoms. The Labute approximate surface area is 146 Å². The quantitative estimate of drug-likeness (QED) is 0.286. The zero-order valence-electron chi connectivity index (χ0n) is 13.0. The van der Waals surface area contributed by atoms with E-state index in [0.29, 0.717) is 18.9 Å². The van der Waals surface area contributed by atoms with E-state index >= 15 is 0 Å². The predicted molar refractivity (Wildman–Crippen MR) is 89.8 cm³/mol. The standard InChI is InChI=1S/C13H24F3N3O2.HI/c1-17-12(19(2)8-11-4-7-20-9-11)18-5-3-6-21-10-13(14,15)16;/h11H,3-10H2,1-2H3,(H,17,18);1H. The summed E-state index contributed by atoms with van der Waals surface area (Å²) in [6.45, 7) is 1.83. The van der Waals surface area contributed by atoms with Crippen LogP contribution in [0.3, 0.4) is 0 Å². The first-order valence-corrected chi connectivity index (χ1v) is 7.06. The molecule has 0 saturated carbocycles. The van der Waals surface area contributed by atoms with Crippen LogP contribution >= 0.6 is 24.0 Å². The number of aliphatic imine (C=N–C) groups is 1. The molecule has 1 N–H and O–H groups in total. The van der Waals surface area contributed by atoms with Crippen LogP contribution < -0.4 is 5.32 Å². The largest absolute Gasteiger partial charge is 0.411 e. The van der Waals surface area contributed by atoms with Crippen molar-refractivity contribution in [3.8, 4) is 0 Å². The van der Waals surface area contributed by atoms with Crippen molar-refractivity contribution in [3.05, 3.63) is 0 Å². The van der Waals surface area contributed by atoms with Gasteiger partial charge in [-0.1, -0.05) is 0 Å². The fourth-order valence-corrected chi connectivity index (χ4v) is 2.15. The van der Waals surface area contributed by atoms with E-state index in [1.807, 2.05) is 11.9 Å². The third-order valence-electron chi connectivity index (χ3n) is 3.14. The molecule has 132 valence electrons. The van der Waals surface area contributed by atoms with Gasteiger partial charge in [0.25, 0.3) is 0 Å². The van der Waals surface area contributed by atoms with E-state index in [-0.39, 0.29) is 30.6 Å². The maximum absolute atomic E-state index is 11.9. The first-order chi connectivity index (χ1) is 9.92. The lowest BCUT2D eigenvalue weighted by Gasteiger charge is -2.24. The lowest BCUT2D eigenvalue weighted by molar-refractivity contribution is -0.173. The summed E-state index contributed by atoms with van der Waals surface area (Å²) >= 11 is 0. The summed E-state index contributed by atoms with van der Waals surface area (Å²) in [5.41, 5.74) is 0. The Kier molecular flexibility index (Phi) is 11.1. The zero-order valence-corrected chi connectivity index (χ0v) is 15.3. The Hall–Kier alpha value is -0.290. The van der Waals surface area contributed by atoms with E-state index in [1.165, 1.54) is 0 Å². The van der Waals surface area contributed by atoms with E-state index in [1.54, 1.807) is 7.05 Å². The molecule has 9 heteroatoms. The number of hydrogen-bond donors (Lipinski definition) is 1. The normalized spacial score (nSPS) is 19.0. The molecule has 0 spiro atoms. The van der Waals surface area contributed by atoms with Crippen LogP contribution in [0, 0.1) is 5.92 Å². The van der Waals surface area contributed by atoms with Crippen LogP contribution in [0.25, 0.3) is 0 Å². The van der Waals surface area contributed by atoms with Gasteiger partial charge in [0.2, 0.25) is 0 Å². The fraction of sp³-hybridized carbons (Fsp3) is 0.923. The molecule has 0 bridgehead atoms. The second-order valence-corrected chi connectivity index (χ2v) is 5.11. The smallest absolute Gasteiger partial charge is 0.381 e. The van der Waals surface area contributed by atoms with Gasteiger partial charge in [-0.3, -0.25) is 4.99 Å². The van der Waals surface area contributed by atoms with Crippen LogP contribution in [0.2, 0.25) is 0 Å². The molecule has 5 nitrogen and oxygen atoms in total. The Morgan fingerprint density at radius 2 is 2.18 bits per heavy atom. The van der Waals surface area contributed by atoms with E-state index in [0.717, 1.165) is 32.1 Å². The SMILES string of the molecule is CN=C(NCCCOCC(F)(F)F)N(C)CC1CCOC1.I. The van der Waals surface area contributed by atoms with Crippen molar-refractivity contribution in [2.75, 3.05) is 53.6 Å². The van der Waals surface area contributed by atoms with Crippen molar-refractivity contribution >= 4 is 29.9 Å². The molecule has 1 fully saturated rings. The monoisotopic (exact) mass is 439 g/mol. The Bertz CT molecular complexity index is 324. The number of guanidine groups is 1. The van der Waals surface area contributed by atoms with Crippen molar-refractivity contribution in [1.82, 2.24) is 10.2 Å². The van der Waals surface area contributed by atoms with Crippen LogP contribution in [0.15, 0.2) is 4.99 Å². The van der Waals surface area contributed by atoms with Gasteiger partial charge in [0, 0.05) is 46.3 Å². The Morgan fingerprint density at radius 3 is 2.73 bits per heavy atom. The molecular formula is C13H25F3IN3O2. The van der Waals surface area contributed by atoms with Crippen LogP contribution in [0.5, 0.6) is 0 Å². The van der Waals surface area contributed by atoms with E-state index in [2.05, 4.69) is 15.0 Å². The van der Waals surface area contributed by atoms with Gasteiger partial charge in [-0.15, -0.1) is 24.0 Å². The second-order valence-electron chi connectivity index (χ2n) is 5.11. The van der Waals surface area contributed by atoms with Crippen molar-refractivity contribution in [1.29, 1.82) is 0 Å². The summed E-state index contributed by atoms with van der Waals surface area (Å²) in [7, 11) is 3.62. The number of rotatable bonds is 7. The summed E-state index contributed by atoms with van der Waals surface area (Å²) in [4.78, 5) is 6.17. The van der Waals surface area contributed by atoms with Gasteiger partial charge in [-0.05, 0) is 12.8 Å². The summed E-state index contributed by atoms with van der Waals surface area (Å²) < 4.78 is 45.5. The van der Waals surface area contributed by atoms with Crippen LogP contribution in [-0.2, 0) is 9.47 Å². The zero-order chi connectivity index (χ0) is 15.7. The third-order valence-corrected chi connectivity index (χ3v) is 3.14. The highest BCUT2D eigenvalue weighted by Gasteiger charge is 2.27. The highest BCUT2D eigenvalue weighted by atomic mass is 127. The molecule has 0 amide bonds. The van der Waals surface area contributed by atoms with Crippen molar-refractivity contribution < 1.29 is 22.6 Å². The molecular weight excluding hydrogens is 414 g/mol. The van der Waals surface area contributed by atoms with E-state index in [4.69, 9.17) is 4.74 Å². The van der Waals surface area contributed by atoms with Crippen LogP contribution in [-0.4, -0.2) is 70.6 Å². The minimum atomic E-state index is -4.26. The molecule has 1 aliphatic heterocycles. The highest BCUT2D eigenvalue weighted by molar-refractivity contribution is 14.0. The molecule has 1 unspecified atom stereocenters. The lowest BCUT2D eigenvalue weighted by Crippen LogP contribution is -2.42. The molecule has 0 aromatic rings. The average molecular weight is 439 g/mol. The van der Waals surface area contributed by atoms with Crippen LogP contribution in [0.1, 0.15) is 12.8 Å². The summed E-state index contributed by atoms with van der Waals surface area (Å²) in [5, 5.41) is 3.11. The summed E-state index contributed by atoms with van der Waals surface area (Å²) in [6, 6.07) is 0. The van der Waals surface area contributed by atoms with Gasteiger partial charge in [-0.2, -0.15) is 13.2 Å². The molecule has 1 rings (SSSR count). The maximum Gasteiger partial charge on any atom is 0.411 e. The summed E-state index contributed by atoms with van der Waals surface area (Å²) in [6.07, 6.45) is -2.71. The predicted octanol–water partition coefficient (Wildman–Crippen LogP) is 2.12. The lowest BCUT2D eigenvalue weighted by atomic mass is 10.1. The highest BCUT2D eigenvalue weighted by Crippen LogP contribution is 2.14. The number of alkyl halides is 3. The Morgan fingerprint density at radius 1 is 1.45 bits per heavy atom. The molecule has 1 heterocycles. The average Bonchev–Trinajstić information content (AvgIpc) is 2.89. The van der Waals surface area contributed by atoms with Gasteiger partial charge in [-0.25, -0.2) is 0 Å². The molecule has 1 aliphatic rings. The van der Waals surface area contributed by atoms with E-state index in [9.17, 15) is 13.2 Å². The van der Waals surface area contributed by atoms with Gasteiger partial charge < -0.3 is 19.7 Å². The maximum atomic E-state index is 11.9. The number of nitrogens with zero attached hydrogens (tertiary/aromatic N) is 2.